The summed E-state index contributed by atoms with van der Waals surface area (Å²) >= 11 is 0. The third-order valence-electron chi connectivity index (χ3n) is 1.56. The number of hydrogen-bond donors (Lipinski definition) is 1. The number of rotatable bonds is 2. The van der Waals surface area contributed by atoms with Crippen molar-refractivity contribution in [1.82, 2.24) is 0 Å². The Morgan fingerprint density at radius 2 is 2.29 bits per heavy atom. The van der Waals surface area contributed by atoms with Gasteiger partial charge in [0.05, 0.1) is 12.7 Å². The monoisotopic (exact) mass is 193 g/mol. The lowest BCUT2D eigenvalue weighted by molar-refractivity contribution is 0.0600. The summed E-state index contributed by atoms with van der Waals surface area (Å²) in [6.45, 7) is 0. The highest BCUT2D eigenvalue weighted by Gasteiger charge is 2.08. The van der Waals surface area contributed by atoms with Crippen molar-refractivity contribution in [2.24, 2.45) is 4.99 Å². The number of methoxy groups -OCH3 is 1. The van der Waals surface area contributed by atoms with Crippen molar-refractivity contribution in [2.45, 2.75) is 0 Å². The smallest absolute Gasteiger partial charge is 0.337 e. The molecule has 0 spiro atoms. The van der Waals surface area contributed by atoms with Crippen LogP contribution in [0.5, 0.6) is 5.75 Å². The summed E-state index contributed by atoms with van der Waals surface area (Å²) in [7, 11) is 1.23. The highest BCUT2D eigenvalue weighted by molar-refractivity contribution is 5.90. The van der Waals surface area contributed by atoms with Gasteiger partial charge in [0, 0.05) is 0 Å². The van der Waals surface area contributed by atoms with Gasteiger partial charge in [-0.1, -0.05) is 0 Å². The molecule has 1 aromatic carbocycles. The Labute approximate surface area is 79.7 Å². The van der Waals surface area contributed by atoms with E-state index >= 15 is 0 Å². The van der Waals surface area contributed by atoms with Gasteiger partial charge in [0.15, 0.2) is 0 Å². The molecular formula is C9H7NO4. The zero-order chi connectivity index (χ0) is 10.6. The van der Waals surface area contributed by atoms with Gasteiger partial charge in [-0.15, -0.1) is 0 Å². The number of phenols is 1. The zero-order valence-electron chi connectivity index (χ0n) is 7.35. The molecule has 0 fully saturated rings. The molecule has 1 N–H and O–H groups in total. The molecule has 5 heteroatoms. The van der Waals surface area contributed by atoms with Crippen molar-refractivity contribution in [2.75, 3.05) is 7.11 Å². The predicted molar refractivity (Wildman–Crippen MR) is 47.2 cm³/mol. The maximum atomic E-state index is 11.0. The predicted octanol–water partition coefficient (Wildman–Crippen LogP) is 1.15. The average molecular weight is 193 g/mol. The minimum absolute atomic E-state index is 0.0626. The molecule has 0 amide bonds. The minimum Gasteiger partial charge on any atom is -0.506 e. The highest BCUT2D eigenvalue weighted by Crippen LogP contribution is 2.26. The van der Waals surface area contributed by atoms with Crippen LogP contribution in [0.25, 0.3) is 0 Å². The first-order chi connectivity index (χ1) is 6.69. The number of aromatic hydroxyl groups is 1. The van der Waals surface area contributed by atoms with Crippen molar-refractivity contribution in [3.63, 3.8) is 0 Å². The lowest BCUT2D eigenvalue weighted by Crippen LogP contribution is -2.00. The lowest BCUT2D eigenvalue weighted by atomic mass is 10.2. The van der Waals surface area contributed by atoms with E-state index in [1.165, 1.54) is 31.4 Å². The molecular weight excluding hydrogens is 186 g/mol. The summed E-state index contributed by atoms with van der Waals surface area (Å²) in [6.07, 6.45) is 1.29. The maximum Gasteiger partial charge on any atom is 0.337 e. The first-order valence-electron chi connectivity index (χ1n) is 3.68. The summed E-state index contributed by atoms with van der Waals surface area (Å²) in [6, 6.07) is 3.89. The Morgan fingerprint density at radius 1 is 1.57 bits per heavy atom. The molecule has 0 atom stereocenters. The van der Waals surface area contributed by atoms with E-state index in [1.807, 2.05) is 0 Å². The first kappa shape index (κ1) is 9.95. The van der Waals surface area contributed by atoms with Crippen LogP contribution in [0.15, 0.2) is 23.2 Å². The van der Waals surface area contributed by atoms with Crippen molar-refractivity contribution in [3.05, 3.63) is 23.8 Å². The summed E-state index contributed by atoms with van der Waals surface area (Å²) in [5.41, 5.74) is 0.252. The third-order valence-corrected chi connectivity index (χ3v) is 1.56. The Morgan fingerprint density at radius 3 is 2.79 bits per heavy atom. The topological polar surface area (TPSA) is 76.0 Å². The molecule has 14 heavy (non-hydrogen) atoms. The second-order valence-corrected chi connectivity index (χ2v) is 2.40. The molecule has 0 aromatic heterocycles. The number of carbonyl (C=O) groups excluding carboxylic acids is 2. The molecule has 1 aromatic rings. The van der Waals surface area contributed by atoms with Crippen molar-refractivity contribution >= 4 is 17.7 Å². The van der Waals surface area contributed by atoms with Gasteiger partial charge in [-0.25, -0.2) is 9.59 Å². The van der Waals surface area contributed by atoms with Crippen LogP contribution >= 0.6 is 0 Å². The fourth-order valence-electron chi connectivity index (χ4n) is 0.912. The molecule has 5 nitrogen and oxygen atoms in total. The molecule has 0 saturated carbocycles. The number of ether oxygens (including phenoxy) is 1. The highest BCUT2D eigenvalue weighted by atomic mass is 16.5. The van der Waals surface area contributed by atoms with E-state index in [1.54, 1.807) is 0 Å². The van der Waals surface area contributed by atoms with Crippen molar-refractivity contribution < 1.29 is 19.4 Å². The Hall–Kier alpha value is -2.13. The lowest BCUT2D eigenvalue weighted by Gasteiger charge is -2.00. The molecule has 0 saturated heterocycles. The van der Waals surface area contributed by atoms with Gasteiger partial charge in [-0.3, -0.25) is 0 Å². The normalized spacial score (nSPS) is 8.93. The Bertz CT molecular complexity index is 407. The van der Waals surface area contributed by atoms with Gasteiger partial charge >= 0.3 is 5.97 Å². The number of aliphatic imine (C=N–C) groups is 1. The van der Waals surface area contributed by atoms with E-state index in [2.05, 4.69) is 9.73 Å². The summed E-state index contributed by atoms with van der Waals surface area (Å²) in [4.78, 5) is 24.1. The number of phenolic OH excluding ortho intramolecular Hbond substituents is 1. The van der Waals surface area contributed by atoms with Crippen molar-refractivity contribution in [1.29, 1.82) is 0 Å². The summed E-state index contributed by atoms with van der Waals surface area (Å²) < 4.78 is 4.43. The average Bonchev–Trinajstić information content (AvgIpc) is 2.20. The van der Waals surface area contributed by atoms with E-state index < -0.39 is 5.97 Å². The number of benzene rings is 1. The SMILES string of the molecule is COC(=O)c1ccc(N=C=O)c(O)c1. The molecule has 0 unspecified atom stereocenters. The first-order valence-corrected chi connectivity index (χ1v) is 3.68. The number of esters is 1. The second kappa shape index (κ2) is 4.20. The molecule has 0 bridgehead atoms. The second-order valence-electron chi connectivity index (χ2n) is 2.40. The van der Waals surface area contributed by atoms with Crippen LogP contribution in [0.4, 0.5) is 5.69 Å². The van der Waals surface area contributed by atoms with Crippen LogP contribution in [0, 0.1) is 0 Å². The van der Waals surface area contributed by atoms with E-state index in [0.717, 1.165) is 0 Å². The van der Waals surface area contributed by atoms with Crippen LogP contribution in [0.3, 0.4) is 0 Å². The van der Waals surface area contributed by atoms with E-state index in [0.29, 0.717) is 0 Å². The van der Waals surface area contributed by atoms with Gasteiger partial charge < -0.3 is 9.84 Å². The van der Waals surface area contributed by atoms with Crippen LogP contribution in [-0.2, 0) is 9.53 Å². The Balaban J connectivity index is 3.12. The van der Waals surface area contributed by atoms with E-state index in [4.69, 9.17) is 0 Å². The third kappa shape index (κ3) is 1.97. The van der Waals surface area contributed by atoms with Crippen LogP contribution < -0.4 is 0 Å². The van der Waals surface area contributed by atoms with Gasteiger partial charge in [0.1, 0.15) is 11.4 Å². The quantitative estimate of drug-likeness (QED) is 0.434. The summed E-state index contributed by atoms with van der Waals surface area (Å²) in [5.74, 6) is -0.835. The molecule has 0 aliphatic carbocycles. The number of hydrogen-bond acceptors (Lipinski definition) is 5. The zero-order valence-corrected chi connectivity index (χ0v) is 7.35. The molecule has 0 radical (unpaired) electrons. The Kier molecular flexibility index (Phi) is 2.99. The van der Waals surface area contributed by atoms with Gasteiger partial charge in [0.25, 0.3) is 0 Å². The summed E-state index contributed by atoms with van der Waals surface area (Å²) in [5, 5.41) is 9.29. The number of carbonyl (C=O) groups is 1. The maximum absolute atomic E-state index is 11.0. The van der Waals surface area contributed by atoms with Crippen molar-refractivity contribution in [3.8, 4) is 5.75 Å². The van der Waals surface area contributed by atoms with Gasteiger partial charge in [0.2, 0.25) is 6.08 Å². The molecule has 0 heterocycles. The van der Waals surface area contributed by atoms with Gasteiger partial charge in [-0.2, -0.15) is 4.99 Å². The standard InChI is InChI=1S/C9H7NO4/c1-14-9(13)6-2-3-7(10-5-11)8(12)4-6/h2-4,12H,1H3. The van der Waals surface area contributed by atoms with E-state index in [-0.39, 0.29) is 17.0 Å². The molecule has 72 valence electrons. The van der Waals surface area contributed by atoms with Crippen LogP contribution in [-0.4, -0.2) is 24.3 Å². The fraction of sp³-hybridized carbons (Fsp3) is 0.111. The van der Waals surface area contributed by atoms with Crippen LogP contribution in [0.1, 0.15) is 10.4 Å². The largest absolute Gasteiger partial charge is 0.506 e. The molecule has 0 aliphatic rings. The number of nitrogens with zero attached hydrogens (tertiary/aromatic N) is 1. The van der Waals surface area contributed by atoms with Gasteiger partial charge in [-0.05, 0) is 18.2 Å². The molecule has 1 rings (SSSR count). The van der Waals surface area contributed by atoms with E-state index in [9.17, 15) is 14.7 Å². The fourth-order valence-corrected chi connectivity index (χ4v) is 0.912. The molecule has 0 aliphatic heterocycles. The number of isocyanates is 1. The minimum atomic E-state index is -0.568. The van der Waals surface area contributed by atoms with Crippen LogP contribution in [0.2, 0.25) is 0 Å².